The normalized spacial score (nSPS) is 20.8. The molecule has 1 saturated heterocycles. The molecule has 1 aliphatic rings. The summed E-state index contributed by atoms with van der Waals surface area (Å²) in [5, 5.41) is 42.6. The van der Waals surface area contributed by atoms with Gasteiger partial charge in [0.2, 0.25) is 53.2 Å². The summed E-state index contributed by atoms with van der Waals surface area (Å²) in [7, 11) is 0. The molecule has 1 aromatic heterocycles. The van der Waals surface area contributed by atoms with Gasteiger partial charge in [-0.25, -0.2) is 0 Å². The van der Waals surface area contributed by atoms with Crippen molar-refractivity contribution in [1.82, 2.24) is 58.2 Å². The molecule has 0 radical (unpaired) electrons. The molecule has 26 nitrogen and oxygen atoms in total. The third-order valence-electron chi connectivity index (χ3n) is 12.4. The van der Waals surface area contributed by atoms with Crippen LogP contribution in [0.3, 0.4) is 0 Å². The van der Waals surface area contributed by atoms with Crippen molar-refractivity contribution in [3.63, 3.8) is 0 Å². The number of fused-ring (bicyclic) bond motifs is 1. The molecular formula is C50H72ClN17O9. The number of nitrogens with two attached hydrogens (primary N) is 4. The highest BCUT2D eigenvalue weighted by atomic mass is 35.5. The van der Waals surface area contributed by atoms with Gasteiger partial charge < -0.3 is 81.1 Å². The summed E-state index contributed by atoms with van der Waals surface area (Å²) < 4.78 is 0. The number of rotatable bonds is 19. The lowest BCUT2D eigenvalue weighted by Gasteiger charge is -2.28. The number of guanidine groups is 2. The molecule has 27 heteroatoms. The Labute approximate surface area is 450 Å². The van der Waals surface area contributed by atoms with Gasteiger partial charge in [0.15, 0.2) is 11.9 Å². The van der Waals surface area contributed by atoms with Crippen molar-refractivity contribution in [2.24, 2.45) is 22.9 Å². The van der Waals surface area contributed by atoms with Crippen molar-refractivity contribution in [2.75, 3.05) is 19.6 Å². The molecule has 2 heterocycles. The van der Waals surface area contributed by atoms with Crippen LogP contribution in [0.1, 0.15) is 82.3 Å². The van der Waals surface area contributed by atoms with Crippen LogP contribution in [0.5, 0.6) is 0 Å². The first-order valence-corrected chi connectivity index (χ1v) is 25.5. The van der Waals surface area contributed by atoms with E-state index in [1.165, 1.54) is 6.92 Å². The van der Waals surface area contributed by atoms with E-state index in [0.717, 1.165) is 10.9 Å². The molecule has 1 aliphatic heterocycles. The number of halogens is 1. The first kappa shape index (κ1) is 61.1. The second-order valence-electron chi connectivity index (χ2n) is 18.6. The Hall–Kier alpha value is -8.42. The number of benzene rings is 2. The fraction of sp³-hybridized carbons (Fsp3) is 0.460. The van der Waals surface area contributed by atoms with Gasteiger partial charge in [-0.15, -0.1) is 0 Å². The van der Waals surface area contributed by atoms with Crippen molar-refractivity contribution >= 4 is 87.6 Å². The molecule has 0 saturated carbocycles. The SMILES string of the molecule is C=C(N)C1CCCCNC(=O)C[C@H](NC(=O)[C@@H](CCCNC(=N)N)NC(C)=O)C(=O)N[C@@H](CCC(N)=O)C(=O)N[C@H](Cc2ccccc2Cl)C(=O)N[C@@H](CCCNC(=N)N)C(=O)N[C@@H](Cc2c[nH]c3ccccc23)C(=O)N1. The Balaban J connectivity index is 1.80. The van der Waals surface area contributed by atoms with Crippen molar-refractivity contribution in [2.45, 2.75) is 126 Å². The highest BCUT2D eigenvalue weighted by Crippen LogP contribution is 2.21. The zero-order valence-corrected chi connectivity index (χ0v) is 43.7. The van der Waals surface area contributed by atoms with Gasteiger partial charge in [-0.1, -0.05) is 54.6 Å². The monoisotopic (exact) mass is 1090 g/mol. The van der Waals surface area contributed by atoms with Crippen molar-refractivity contribution in [1.29, 1.82) is 10.8 Å². The summed E-state index contributed by atoms with van der Waals surface area (Å²) >= 11 is 6.57. The van der Waals surface area contributed by atoms with Gasteiger partial charge in [-0.3, -0.25) is 54.0 Å². The van der Waals surface area contributed by atoms with Gasteiger partial charge in [0.25, 0.3) is 0 Å². The number of carbonyl (C=O) groups excluding carboxylic acids is 9. The number of para-hydroxylation sites is 1. The molecule has 9 amide bonds. The maximum Gasteiger partial charge on any atom is 0.243 e. The maximum absolute atomic E-state index is 14.7. The number of primary amides is 1. The third-order valence-corrected chi connectivity index (χ3v) is 12.8. The molecule has 1 unspecified atom stereocenters. The van der Waals surface area contributed by atoms with Crippen LogP contribution in [0, 0.1) is 10.8 Å². The first-order valence-electron chi connectivity index (χ1n) is 25.1. The number of amides is 9. The van der Waals surface area contributed by atoms with Gasteiger partial charge in [-0.05, 0) is 74.6 Å². The number of nitrogens with one attached hydrogen (secondary N) is 13. The molecule has 4 rings (SSSR count). The third kappa shape index (κ3) is 21.0. The molecule has 418 valence electrons. The number of H-pyrrole nitrogens is 1. The van der Waals surface area contributed by atoms with Gasteiger partial charge in [0.1, 0.15) is 36.3 Å². The van der Waals surface area contributed by atoms with Crippen molar-refractivity contribution < 1.29 is 43.2 Å². The second kappa shape index (κ2) is 30.8. The molecule has 7 atom stereocenters. The van der Waals surface area contributed by atoms with Crippen LogP contribution in [0.4, 0.5) is 0 Å². The van der Waals surface area contributed by atoms with E-state index in [0.29, 0.717) is 24.0 Å². The van der Waals surface area contributed by atoms with Crippen LogP contribution in [-0.4, -0.2) is 132 Å². The lowest BCUT2D eigenvalue weighted by molar-refractivity contribution is -0.136. The lowest BCUT2D eigenvalue weighted by atomic mass is 10.0. The largest absolute Gasteiger partial charge is 0.401 e. The van der Waals surface area contributed by atoms with E-state index in [2.05, 4.69) is 64.7 Å². The fourth-order valence-electron chi connectivity index (χ4n) is 8.37. The molecular weight excluding hydrogens is 1020 g/mol. The molecule has 0 bridgehead atoms. The number of hydrogen-bond donors (Lipinski definition) is 17. The van der Waals surface area contributed by atoms with Crippen LogP contribution < -0.4 is 76.1 Å². The minimum absolute atomic E-state index is 0.00396. The van der Waals surface area contributed by atoms with Crippen molar-refractivity contribution in [3.05, 3.63) is 83.2 Å². The van der Waals surface area contributed by atoms with Crippen LogP contribution >= 0.6 is 11.6 Å². The predicted octanol–water partition coefficient (Wildman–Crippen LogP) is -2.03. The van der Waals surface area contributed by atoms with E-state index in [1.807, 2.05) is 24.3 Å². The lowest BCUT2D eigenvalue weighted by Crippen LogP contribution is -2.60. The minimum Gasteiger partial charge on any atom is -0.401 e. The van der Waals surface area contributed by atoms with E-state index >= 15 is 0 Å². The second-order valence-corrected chi connectivity index (χ2v) is 19.0. The van der Waals surface area contributed by atoms with E-state index in [9.17, 15) is 43.2 Å². The molecule has 0 spiro atoms. The van der Waals surface area contributed by atoms with E-state index < -0.39 is 115 Å². The molecule has 1 fully saturated rings. The number of hydrogen-bond acceptors (Lipinski definition) is 12. The highest BCUT2D eigenvalue weighted by molar-refractivity contribution is 6.31. The highest BCUT2D eigenvalue weighted by Gasteiger charge is 2.35. The molecule has 0 aliphatic carbocycles. The minimum atomic E-state index is -1.70. The topological polar surface area (TPSA) is 441 Å². The van der Waals surface area contributed by atoms with E-state index in [1.54, 1.807) is 30.5 Å². The van der Waals surface area contributed by atoms with Crippen LogP contribution in [-0.2, 0) is 56.0 Å². The average Bonchev–Trinajstić information content (AvgIpc) is 3.78. The Kier molecular flexibility index (Phi) is 24.5. The van der Waals surface area contributed by atoms with Crippen LogP contribution in [0.2, 0.25) is 5.02 Å². The van der Waals surface area contributed by atoms with Gasteiger partial charge in [0.05, 0.1) is 12.5 Å². The Morgan fingerprint density at radius 2 is 1.30 bits per heavy atom. The number of carbonyl (C=O) groups is 9. The van der Waals surface area contributed by atoms with Gasteiger partial charge in [0, 0.05) is 73.6 Å². The molecule has 77 heavy (non-hydrogen) atoms. The first-order chi connectivity index (χ1) is 36.6. The summed E-state index contributed by atoms with van der Waals surface area (Å²) in [6, 6.07) is 4.18. The zero-order chi connectivity index (χ0) is 56.6. The maximum atomic E-state index is 14.7. The summed E-state index contributed by atoms with van der Waals surface area (Å²) in [5.74, 6) is -8.15. The summed E-state index contributed by atoms with van der Waals surface area (Å²) in [6.07, 6.45) is 1.08. The van der Waals surface area contributed by atoms with Gasteiger partial charge in [-0.2, -0.15) is 0 Å². The number of aromatic nitrogens is 1. The Bertz CT molecular complexity index is 2630. The molecule has 21 N–H and O–H groups in total. The molecule has 2 aromatic carbocycles. The standard InChI is InChI=1S/C50H72ClN17O9/c1-27(52)33-14-7-8-20-58-42(71)25-40(68-43(72)35(62-28(2)69)16-9-21-59-49(54)55)48(77)65-37(18-19-41(53)70)45(74)66-38(23-29-11-3-5-13-32(29)51)47(76)64-36(17-10-22-60-50(56)57)44(73)67-39(46(75)63-33)24-30-26-61-34-15-6-4-12-31(30)34/h3-6,11-13,15,26,33,35-40,61H,1,7-10,14,16-25,52H2,2H3,(H2,53,70)(H,58,71)(H,62,69)(H,63,75)(H,64,76)(H,65,77)(H,66,74)(H,67,73)(H,68,72)(H4,54,55,59)(H4,56,57,60)/t33?,35-,36+,37+,38-,39+,40+/m1/s1. The predicted molar refractivity (Wildman–Crippen MR) is 288 cm³/mol. The fourth-order valence-corrected chi connectivity index (χ4v) is 8.58. The van der Waals surface area contributed by atoms with Crippen molar-refractivity contribution in [3.8, 4) is 0 Å². The molecule has 3 aromatic rings. The van der Waals surface area contributed by atoms with E-state index in [4.69, 9.17) is 45.4 Å². The van der Waals surface area contributed by atoms with Crippen LogP contribution in [0.25, 0.3) is 10.9 Å². The van der Waals surface area contributed by atoms with E-state index in [-0.39, 0.29) is 87.2 Å². The Morgan fingerprint density at radius 1 is 0.727 bits per heavy atom. The van der Waals surface area contributed by atoms with Crippen LogP contribution in [0.15, 0.2) is 67.0 Å². The summed E-state index contributed by atoms with van der Waals surface area (Å²) in [4.78, 5) is 128. The van der Waals surface area contributed by atoms with Gasteiger partial charge >= 0.3 is 0 Å². The zero-order valence-electron chi connectivity index (χ0n) is 42.9. The quantitative estimate of drug-likeness (QED) is 0.0350. The smallest absolute Gasteiger partial charge is 0.243 e. The average molecular weight is 1090 g/mol. The number of aromatic amines is 1. The Morgan fingerprint density at radius 3 is 1.94 bits per heavy atom. The summed E-state index contributed by atoms with van der Waals surface area (Å²) in [5.41, 5.74) is 24.6. The summed E-state index contributed by atoms with van der Waals surface area (Å²) in [6.45, 7) is 5.35.